The second-order valence-corrected chi connectivity index (χ2v) is 6.99. The van der Waals surface area contributed by atoms with Gasteiger partial charge in [-0.2, -0.15) is 0 Å². The number of aryl methyl sites for hydroxylation is 4. The summed E-state index contributed by atoms with van der Waals surface area (Å²) < 4.78 is 2.08. The van der Waals surface area contributed by atoms with E-state index in [1.165, 1.54) is 16.7 Å². The number of carbonyl (C=O) groups excluding carboxylic acids is 1. The van der Waals surface area contributed by atoms with Crippen molar-refractivity contribution in [3.8, 4) is 0 Å². The fourth-order valence-electron chi connectivity index (χ4n) is 3.55. The molecule has 1 unspecified atom stereocenters. The lowest BCUT2D eigenvalue weighted by molar-refractivity contribution is -0.132. The smallest absolute Gasteiger partial charge is 0.222 e. The van der Waals surface area contributed by atoms with E-state index in [0.29, 0.717) is 12.3 Å². The molecular weight excluding hydrogens is 298 g/mol. The Bertz CT molecular complexity index is 719. The summed E-state index contributed by atoms with van der Waals surface area (Å²) >= 11 is 0. The van der Waals surface area contributed by atoms with E-state index < -0.39 is 0 Å². The Hall–Kier alpha value is -2.10. The van der Waals surface area contributed by atoms with Crippen LogP contribution < -0.4 is 0 Å². The van der Waals surface area contributed by atoms with Crippen LogP contribution in [0.3, 0.4) is 0 Å². The van der Waals surface area contributed by atoms with E-state index in [1.54, 1.807) is 0 Å². The fraction of sp³-hybridized carbons (Fsp3) is 0.500. The van der Waals surface area contributed by atoms with Gasteiger partial charge in [0.25, 0.3) is 0 Å². The zero-order chi connectivity index (χ0) is 17.1. The molecule has 1 aromatic heterocycles. The Morgan fingerprint density at radius 3 is 2.83 bits per heavy atom. The van der Waals surface area contributed by atoms with Crippen molar-refractivity contribution in [3.05, 3.63) is 53.1 Å². The van der Waals surface area contributed by atoms with Crippen molar-refractivity contribution in [1.29, 1.82) is 0 Å². The minimum atomic E-state index is 0.270. The van der Waals surface area contributed by atoms with E-state index in [1.807, 2.05) is 24.3 Å². The third-order valence-electron chi connectivity index (χ3n) is 5.20. The molecule has 24 heavy (non-hydrogen) atoms. The summed E-state index contributed by atoms with van der Waals surface area (Å²) in [5.41, 5.74) is 3.86. The van der Waals surface area contributed by atoms with Crippen LogP contribution >= 0.6 is 0 Å². The molecular formula is C20H27N3O. The van der Waals surface area contributed by atoms with Gasteiger partial charge < -0.3 is 9.47 Å². The van der Waals surface area contributed by atoms with Crippen LogP contribution in [0.25, 0.3) is 0 Å². The maximum Gasteiger partial charge on any atom is 0.222 e. The number of carbonyl (C=O) groups is 1. The standard InChI is InChI=1S/C20H27N3O/c1-15-6-7-17(13-16(15)2)8-9-19(24)23-11-4-5-18(14-23)20-21-10-12-22(20)3/h6-7,10,12-13,18H,4-5,8-9,11,14H2,1-3H3. The zero-order valence-corrected chi connectivity index (χ0v) is 15.0. The lowest BCUT2D eigenvalue weighted by Crippen LogP contribution is -2.39. The molecule has 0 saturated carbocycles. The van der Waals surface area contributed by atoms with Crippen molar-refractivity contribution in [2.24, 2.45) is 7.05 Å². The lowest BCUT2D eigenvalue weighted by atomic mass is 9.96. The van der Waals surface area contributed by atoms with E-state index in [-0.39, 0.29) is 5.91 Å². The predicted octanol–water partition coefficient (Wildman–Crippen LogP) is 3.38. The first-order chi connectivity index (χ1) is 11.5. The van der Waals surface area contributed by atoms with Gasteiger partial charge in [0.05, 0.1) is 0 Å². The molecule has 4 nitrogen and oxygen atoms in total. The molecule has 3 rings (SSSR count). The topological polar surface area (TPSA) is 38.1 Å². The first-order valence-corrected chi connectivity index (χ1v) is 8.85. The van der Waals surface area contributed by atoms with E-state index in [9.17, 15) is 4.79 Å². The molecule has 0 N–H and O–H groups in total. The average Bonchev–Trinajstić information content (AvgIpc) is 3.02. The number of benzene rings is 1. The largest absolute Gasteiger partial charge is 0.342 e. The van der Waals surface area contributed by atoms with Crippen LogP contribution in [0.5, 0.6) is 0 Å². The maximum atomic E-state index is 12.6. The van der Waals surface area contributed by atoms with Crippen molar-refractivity contribution < 1.29 is 4.79 Å². The highest BCUT2D eigenvalue weighted by molar-refractivity contribution is 5.76. The molecule has 1 atom stereocenters. The number of imidazole rings is 1. The highest BCUT2D eigenvalue weighted by atomic mass is 16.2. The second-order valence-electron chi connectivity index (χ2n) is 6.99. The molecule has 0 bridgehead atoms. The van der Waals surface area contributed by atoms with Gasteiger partial charge in [-0.15, -0.1) is 0 Å². The highest BCUT2D eigenvalue weighted by Gasteiger charge is 2.26. The highest BCUT2D eigenvalue weighted by Crippen LogP contribution is 2.26. The van der Waals surface area contributed by atoms with Crippen LogP contribution in [0.15, 0.2) is 30.6 Å². The molecule has 0 spiro atoms. The van der Waals surface area contributed by atoms with Crippen molar-refractivity contribution in [2.45, 2.75) is 45.4 Å². The number of likely N-dealkylation sites (tertiary alicyclic amines) is 1. The van der Waals surface area contributed by atoms with Crippen LogP contribution in [0.2, 0.25) is 0 Å². The number of rotatable bonds is 4. The van der Waals surface area contributed by atoms with Gasteiger partial charge in [-0.3, -0.25) is 4.79 Å². The van der Waals surface area contributed by atoms with Gasteiger partial charge in [-0.05, 0) is 49.8 Å². The second kappa shape index (κ2) is 7.20. The summed E-state index contributed by atoms with van der Waals surface area (Å²) in [7, 11) is 2.03. The predicted molar refractivity (Wildman–Crippen MR) is 96.0 cm³/mol. The third-order valence-corrected chi connectivity index (χ3v) is 5.20. The molecule has 2 aromatic rings. The molecule has 1 saturated heterocycles. The molecule has 4 heteroatoms. The van der Waals surface area contributed by atoms with E-state index in [4.69, 9.17) is 0 Å². The minimum Gasteiger partial charge on any atom is -0.342 e. The van der Waals surface area contributed by atoms with Gasteiger partial charge in [-0.1, -0.05) is 18.2 Å². The van der Waals surface area contributed by atoms with Crippen LogP contribution in [-0.2, 0) is 18.3 Å². The van der Waals surface area contributed by atoms with Gasteiger partial charge in [0.2, 0.25) is 5.91 Å². The van der Waals surface area contributed by atoms with E-state index in [0.717, 1.165) is 38.2 Å². The van der Waals surface area contributed by atoms with Crippen molar-refractivity contribution >= 4 is 5.91 Å². The van der Waals surface area contributed by atoms with Crippen molar-refractivity contribution in [2.75, 3.05) is 13.1 Å². The average molecular weight is 325 g/mol. The van der Waals surface area contributed by atoms with E-state index in [2.05, 4.69) is 41.6 Å². The number of piperidine rings is 1. The molecule has 1 aromatic carbocycles. The van der Waals surface area contributed by atoms with E-state index >= 15 is 0 Å². The molecule has 1 aliphatic heterocycles. The minimum absolute atomic E-state index is 0.270. The maximum absolute atomic E-state index is 12.6. The first-order valence-electron chi connectivity index (χ1n) is 8.85. The molecule has 1 amide bonds. The number of aromatic nitrogens is 2. The number of nitrogens with zero attached hydrogens (tertiary/aromatic N) is 3. The van der Waals surface area contributed by atoms with Crippen molar-refractivity contribution in [3.63, 3.8) is 0 Å². The van der Waals surface area contributed by atoms with Crippen molar-refractivity contribution in [1.82, 2.24) is 14.5 Å². The normalized spacial score (nSPS) is 18.0. The van der Waals surface area contributed by atoms with Gasteiger partial charge in [0.1, 0.15) is 5.82 Å². The number of amides is 1. The summed E-state index contributed by atoms with van der Waals surface area (Å²) in [5, 5.41) is 0. The number of hydrogen-bond acceptors (Lipinski definition) is 2. The Balaban J connectivity index is 1.58. The monoisotopic (exact) mass is 325 g/mol. The van der Waals surface area contributed by atoms with Gasteiger partial charge in [-0.25, -0.2) is 4.98 Å². The van der Waals surface area contributed by atoms with Crippen LogP contribution in [-0.4, -0.2) is 33.4 Å². The summed E-state index contributed by atoms with van der Waals surface area (Å²) in [6.07, 6.45) is 7.42. The Labute approximate surface area is 144 Å². The SMILES string of the molecule is Cc1ccc(CCC(=O)N2CCCC(c3nccn3C)C2)cc1C. The summed E-state index contributed by atoms with van der Waals surface area (Å²) in [5.74, 6) is 1.73. The molecule has 1 fully saturated rings. The summed E-state index contributed by atoms with van der Waals surface area (Å²) in [6, 6.07) is 6.49. The van der Waals surface area contributed by atoms with Gasteiger partial charge in [0.15, 0.2) is 0 Å². The Kier molecular flexibility index (Phi) is 5.03. The van der Waals surface area contributed by atoms with Crippen LogP contribution in [0.4, 0.5) is 0 Å². The first kappa shape index (κ1) is 16.7. The molecule has 128 valence electrons. The Morgan fingerprint density at radius 2 is 2.12 bits per heavy atom. The molecule has 0 radical (unpaired) electrons. The summed E-state index contributed by atoms with van der Waals surface area (Å²) in [6.45, 7) is 5.93. The fourth-order valence-corrected chi connectivity index (χ4v) is 3.55. The van der Waals surface area contributed by atoms with Crippen LogP contribution in [0, 0.1) is 13.8 Å². The number of hydrogen-bond donors (Lipinski definition) is 0. The molecule has 1 aliphatic rings. The molecule has 2 heterocycles. The summed E-state index contributed by atoms with van der Waals surface area (Å²) in [4.78, 5) is 19.1. The van der Waals surface area contributed by atoms with Gasteiger partial charge in [0, 0.05) is 44.9 Å². The van der Waals surface area contributed by atoms with Gasteiger partial charge >= 0.3 is 0 Å². The quantitative estimate of drug-likeness (QED) is 0.864. The zero-order valence-electron chi connectivity index (χ0n) is 15.0. The molecule has 0 aliphatic carbocycles. The Morgan fingerprint density at radius 1 is 1.29 bits per heavy atom. The van der Waals surface area contributed by atoms with Crippen LogP contribution in [0.1, 0.15) is 47.7 Å². The third kappa shape index (κ3) is 3.69. The lowest BCUT2D eigenvalue weighted by Gasteiger charge is -2.32.